The van der Waals surface area contributed by atoms with Crippen LogP contribution in [0.3, 0.4) is 0 Å². The Hall–Kier alpha value is -2.96. The standard InChI is InChI=1S/C20H23FN4O2/c1-12-10-14(13(2)25(12)16-9-7-6-8-15(16)21)18(26)22-11-17-23-19(27-24-17)20(3,4)5/h6-10H,11H2,1-5H3,(H,22,26). The number of nitrogens with zero attached hydrogens (tertiary/aromatic N) is 3. The largest absolute Gasteiger partial charge is 0.345 e. The third-order valence-electron chi connectivity index (χ3n) is 4.29. The molecule has 1 N–H and O–H groups in total. The van der Waals surface area contributed by atoms with Crippen molar-refractivity contribution in [2.24, 2.45) is 0 Å². The fourth-order valence-electron chi connectivity index (χ4n) is 2.88. The maximum absolute atomic E-state index is 14.2. The molecular weight excluding hydrogens is 347 g/mol. The van der Waals surface area contributed by atoms with Gasteiger partial charge in [-0.15, -0.1) is 0 Å². The number of para-hydroxylation sites is 1. The molecule has 0 unspecified atom stereocenters. The van der Waals surface area contributed by atoms with Crippen LogP contribution < -0.4 is 5.32 Å². The molecule has 0 aliphatic carbocycles. The van der Waals surface area contributed by atoms with Gasteiger partial charge in [-0.25, -0.2) is 4.39 Å². The lowest BCUT2D eigenvalue weighted by Gasteiger charge is -2.11. The monoisotopic (exact) mass is 370 g/mol. The normalized spacial score (nSPS) is 11.6. The molecule has 0 fully saturated rings. The minimum absolute atomic E-state index is 0.155. The van der Waals surface area contributed by atoms with Gasteiger partial charge >= 0.3 is 0 Å². The second-order valence-corrected chi connectivity index (χ2v) is 7.52. The van der Waals surface area contributed by atoms with Crippen LogP contribution in [0, 0.1) is 19.7 Å². The summed E-state index contributed by atoms with van der Waals surface area (Å²) in [5, 5.41) is 6.69. The number of nitrogens with one attached hydrogen (secondary N) is 1. The van der Waals surface area contributed by atoms with Crippen molar-refractivity contribution in [3.05, 3.63) is 64.8 Å². The van der Waals surface area contributed by atoms with E-state index >= 15 is 0 Å². The van der Waals surface area contributed by atoms with Gasteiger partial charge in [0.05, 0.1) is 17.8 Å². The summed E-state index contributed by atoms with van der Waals surface area (Å²) < 4.78 is 21.1. The zero-order valence-corrected chi connectivity index (χ0v) is 16.1. The summed E-state index contributed by atoms with van der Waals surface area (Å²) in [6.45, 7) is 9.70. The SMILES string of the molecule is Cc1cc(C(=O)NCc2noc(C(C)(C)C)n2)c(C)n1-c1ccccc1F. The molecule has 2 heterocycles. The van der Waals surface area contributed by atoms with Crippen LogP contribution in [0.15, 0.2) is 34.9 Å². The maximum Gasteiger partial charge on any atom is 0.253 e. The highest BCUT2D eigenvalue weighted by Crippen LogP contribution is 2.23. The van der Waals surface area contributed by atoms with Crippen molar-refractivity contribution >= 4 is 5.91 Å². The first-order chi connectivity index (χ1) is 12.7. The van der Waals surface area contributed by atoms with Crippen LogP contribution in [0.5, 0.6) is 0 Å². The Bertz CT molecular complexity index is 982. The molecule has 6 nitrogen and oxygen atoms in total. The average molecular weight is 370 g/mol. The summed E-state index contributed by atoms with van der Waals surface area (Å²) >= 11 is 0. The van der Waals surface area contributed by atoms with Crippen LogP contribution in [0.1, 0.15) is 54.2 Å². The van der Waals surface area contributed by atoms with Crippen molar-refractivity contribution in [1.82, 2.24) is 20.0 Å². The number of hydrogen-bond acceptors (Lipinski definition) is 4. The van der Waals surface area contributed by atoms with Gasteiger partial charge in [0.25, 0.3) is 5.91 Å². The van der Waals surface area contributed by atoms with Gasteiger partial charge in [-0.2, -0.15) is 4.98 Å². The fraction of sp³-hybridized carbons (Fsp3) is 0.350. The van der Waals surface area contributed by atoms with Gasteiger partial charge in [-0.3, -0.25) is 4.79 Å². The minimum Gasteiger partial charge on any atom is -0.345 e. The fourth-order valence-corrected chi connectivity index (χ4v) is 2.88. The van der Waals surface area contributed by atoms with Crippen LogP contribution in [-0.4, -0.2) is 20.6 Å². The zero-order chi connectivity index (χ0) is 19.8. The van der Waals surface area contributed by atoms with Crippen LogP contribution in [0.4, 0.5) is 4.39 Å². The summed E-state index contributed by atoms with van der Waals surface area (Å²) in [5.74, 6) is 0.321. The van der Waals surface area contributed by atoms with Crippen molar-refractivity contribution in [1.29, 1.82) is 0 Å². The Morgan fingerprint density at radius 2 is 1.96 bits per heavy atom. The first-order valence-electron chi connectivity index (χ1n) is 8.73. The third-order valence-corrected chi connectivity index (χ3v) is 4.29. The number of carbonyl (C=O) groups is 1. The van der Waals surface area contributed by atoms with Gasteiger partial charge in [0.2, 0.25) is 5.89 Å². The third kappa shape index (κ3) is 3.77. The van der Waals surface area contributed by atoms with E-state index in [1.807, 2.05) is 27.7 Å². The van der Waals surface area contributed by atoms with E-state index in [1.165, 1.54) is 6.07 Å². The van der Waals surface area contributed by atoms with Gasteiger partial charge in [0.15, 0.2) is 5.82 Å². The zero-order valence-electron chi connectivity index (χ0n) is 16.1. The van der Waals surface area contributed by atoms with Crippen LogP contribution in [0.25, 0.3) is 5.69 Å². The first-order valence-corrected chi connectivity index (χ1v) is 8.73. The Kier molecular flexibility index (Phi) is 4.87. The number of rotatable bonds is 4. The molecule has 3 aromatic rings. The summed E-state index contributed by atoms with van der Waals surface area (Å²) in [7, 11) is 0. The van der Waals surface area contributed by atoms with E-state index < -0.39 is 0 Å². The molecule has 0 bridgehead atoms. The predicted molar refractivity (Wildman–Crippen MR) is 99.4 cm³/mol. The Balaban J connectivity index is 1.79. The van der Waals surface area contributed by atoms with Crippen molar-refractivity contribution in [3.63, 3.8) is 0 Å². The van der Waals surface area contributed by atoms with Crippen molar-refractivity contribution in [2.45, 2.75) is 46.6 Å². The van der Waals surface area contributed by atoms with Gasteiger partial charge < -0.3 is 14.4 Å². The molecule has 142 valence electrons. The lowest BCUT2D eigenvalue weighted by atomic mass is 9.97. The highest BCUT2D eigenvalue weighted by atomic mass is 19.1. The molecular formula is C20H23FN4O2. The van der Waals surface area contributed by atoms with E-state index in [-0.39, 0.29) is 23.7 Å². The minimum atomic E-state index is -0.340. The van der Waals surface area contributed by atoms with E-state index in [2.05, 4.69) is 15.5 Å². The Morgan fingerprint density at radius 1 is 1.26 bits per heavy atom. The van der Waals surface area contributed by atoms with Crippen molar-refractivity contribution < 1.29 is 13.7 Å². The number of hydrogen-bond donors (Lipinski definition) is 1. The Labute approximate surface area is 157 Å². The summed E-state index contributed by atoms with van der Waals surface area (Å²) in [6, 6.07) is 8.23. The lowest BCUT2D eigenvalue weighted by Crippen LogP contribution is -2.24. The summed E-state index contributed by atoms with van der Waals surface area (Å²) in [4.78, 5) is 16.9. The number of carbonyl (C=O) groups excluding carboxylic acids is 1. The highest BCUT2D eigenvalue weighted by Gasteiger charge is 2.22. The highest BCUT2D eigenvalue weighted by molar-refractivity contribution is 5.95. The van der Waals surface area contributed by atoms with Crippen LogP contribution in [0.2, 0.25) is 0 Å². The molecule has 2 aromatic heterocycles. The van der Waals surface area contributed by atoms with Crippen molar-refractivity contribution in [2.75, 3.05) is 0 Å². The average Bonchev–Trinajstić information content (AvgIpc) is 3.18. The lowest BCUT2D eigenvalue weighted by molar-refractivity contribution is 0.0949. The van der Waals surface area contributed by atoms with Crippen molar-refractivity contribution in [3.8, 4) is 5.69 Å². The number of aromatic nitrogens is 3. The number of halogens is 1. The topological polar surface area (TPSA) is 73.0 Å². The second-order valence-electron chi connectivity index (χ2n) is 7.52. The van der Waals surface area contributed by atoms with Crippen LogP contribution in [-0.2, 0) is 12.0 Å². The quantitative estimate of drug-likeness (QED) is 0.757. The molecule has 0 atom stereocenters. The molecule has 1 aromatic carbocycles. The molecule has 0 spiro atoms. The van der Waals surface area contributed by atoms with E-state index in [0.29, 0.717) is 28.7 Å². The molecule has 0 radical (unpaired) electrons. The van der Waals surface area contributed by atoms with Gasteiger partial charge in [-0.1, -0.05) is 38.1 Å². The van der Waals surface area contributed by atoms with Gasteiger partial charge in [0.1, 0.15) is 5.82 Å². The smallest absolute Gasteiger partial charge is 0.253 e. The second kappa shape index (κ2) is 6.98. The summed E-state index contributed by atoms with van der Waals surface area (Å²) in [5.41, 5.74) is 2.09. The van der Waals surface area contributed by atoms with Crippen LogP contribution >= 0.6 is 0 Å². The van der Waals surface area contributed by atoms with E-state index in [4.69, 9.17) is 4.52 Å². The summed E-state index contributed by atoms with van der Waals surface area (Å²) in [6.07, 6.45) is 0. The first kappa shape index (κ1) is 18.8. The number of aryl methyl sites for hydroxylation is 1. The molecule has 27 heavy (non-hydrogen) atoms. The molecule has 0 aliphatic heterocycles. The maximum atomic E-state index is 14.2. The van der Waals surface area contributed by atoms with E-state index in [9.17, 15) is 9.18 Å². The number of benzene rings is 1. The van der Waals surface area contributed by atoms with Gasteiger partial charge in [-0.05, 0) is 32.0 Å². The molecule has 3 rings (SSSR count). The molecule has 0 saturated heterocycles. The molecule has 0 aliphatic rings. The van der Waals surface area contributed by atoms with E-state index in [0.717, 1.165) is 5.69 Å². The molecule has 1 amide bonds. The molecule has 0 saturated carbocycles. The predicted octanol–water partition coefficient (Wildman–Crippen LogP) is 3.84. The number of amides is 1. The van der Waals surface area contributed by atoms with E-state index in [1.54, 1.807) is 35.8 Å². The molecule has 7 heteroatoms. The Morgan fingerprint density at radius 3 is 2.59 bits per heavy atom. The van der Waals surface area contributed by atoms with Gasteiger partial charge in [0, 0.05) is 16.8 Å².